The van der Waals surface area contributed by atoms with E-state index in [1.165, 1.54) is 25.7 Å². The van der Waals surface area contributed by atoms with Crippen LogP contribution in [0.3, 0.4) is 0 Å². The second kappa shape index (κ2) is 5.50. The molecule has 0 aromatic carbocycles. The maximum absolute atomic E-state index is 4.69. The Balaban J connectivity index is 2.07. The number of hydrogen-bond donors (Lipinski definition) is 1. The minimum atomic E-state index is 0.284. The molecule has 1 N–H and O–H groups in total. The summed E-state index contributed by atoms with van der Waals surface area (Å²) in [7, 11) is 3.94. The van der Waals surface area contributed by atoms with E-state index in [4.69, 9.17) is 0 Å². The highest BCUT2D eigenvalue weighted by molar-refractivity contribution is 5.87. The Kier molecular flexibility index (Phi) is 3.69. The van der Waals surface area contributed by atoms with Crippen molar-refractivity contribution in [1.29, 1.82) is 0 Å². The average Bonchev–Trinajstić information content (AvgIpc) is 3.06. The summed E-state index contributed by atoms with van der Waals surface area (Å²) in [6.07, 6.45) is 6.93. The smallest absolute Gasteiger partial charge is 0.228 e. The third kappa shape index (κ3) is 2.66. The zero-order valence-electron chi connectivity index (χ0n) is 13.3. The molecule has 0 atom stereocenters. The first-order valence-electron chi connectivity index (χ1n) is 7.75. The van der Waals surface area contributed by atoms with Gasteiger partial charge in [-0.15, -0.1) is 0 Å². The first-order valence-corrected chi connectivity index (χ1v) is 7.75. The maximum atomic E-state index is 4.69. The van der Waals surface area contributed by atoms with E-state index in [9.17, 15) is 0 Å². The minimum absolute atomic E-state index is 0.284. The number of aromatic nitrogens is 4. The third-order valence-electron chi connectivity index (χ3n) is 4.03. The van der Waals surface area contributed by atoms with E-state index in [2.05, 4.69) is 34.2 Å². The van der Waals surface area contributed by atoms with Crippen LogP contribution < -0.4 is 10.2 Å². The molecule has 0 amide bonds. The quantitative estimate of drug-likeness (QED) is 0.937. The van der Waals surface area contributed by atoms with Crippen molar-refractivity contribution in [2.24, 2.45) is 0 Å². The van der Waals surface area contributed by atoms with Gasteiger partial charge in [0.1, 0.15) is 5.82 Å². The lowest BCUT2D eigenvalue weighted by molar-refractivity contribution is 0.546. The van der Waals surface area contributed by atoms with E-state index < -0.39 is 0 Å². The first-order chi connectivity index (χ1) is 10.1. The van der Waals surface area contributed by atoms with Gasteiger partial charge in [0.15, 0.2) is 5.65 Å². The highest BCUT2D eigenvalue weighted by atomic mass is 15.3. The Hall–Kier alpha value is -1.85. The lowest BCUT2D eigenvalue weighted by atomic mass is 10.2. The highest BCUT2D eigenvalue weighted by Gasteiger charge is 2.20. The molecule has 2 aromatic rings. The lowest BCUT2D eigenvalue weighted by Gasteiger charge is -2.17. The molecular formula is C15H24N6. The van der Waals surface area contributed by atoms with Gasteiger partial charge in [-0.2, -0.15) is 15.1 Å². The van der Waals surface area contributed by atoms with Crippen molar-refractivity contribution in [1.82, 2.24) is 19.7 Å². The summed E-state index contributed by atoms with van der Waals surface area (Å²) < 4.78 is 1.96. The van der Waals surface area contributed by atoms with Crippen molar-refractivity contribution in [2.45, 2.75) is 51.6 Å². The van der Waals surface area contributed by atoms with Gasteiger partial charge >= 0.3 is 0 Å². The summed E-state index contributed by atoms with van der Waals surface area (Å²) in [6, 6.07) is 0.812. The summed E-state index contributed by atoms with van der Waals surface area (Å²) in [6.45, 7) is 4.24. The Morgan fingerprint density at radius 1 is 1.24 bits per heavy atom. The second-order valence-corrected chi connectivity index (χ2v) is 6.31. The molecule has 114 valence electrons. The van der Waals surface area contributed by atoms with Crippen molar-refractivity contribution in [3.8, 4) is 0 Å². The molecule has 0 saturated heterocycles. The standard InChI is InChI=1S/C15H24N6/c1-10(2)21-14-12(9-16-21)13(17-11-7-5-6-8-11)18-15(19-14)20(3)4/h9-11H,5-8H2,1-4H3,(H,17,18,19). The molecule has 6 heteroatoms. The van der Waals surface area contributed by atoms with Gasteiger partial charge in [-0.25, -0.2) is 4.68 Å². The molecule has 3 rings (SSSR count). The fraction of sp³-hybridized carbons (Fsp3) is 0.667. The highest BCUT2D eigenvalue weighted by Crippen LogP contribution is 2.28. The fourth-order valence-corrected chi connectivity index (χ4v) is 2.87. The van der Waals surface area contributed by atoms with Gasteiger partial charge in [0.2, 0.25) is 5.95 Å². The van der Waals surface area contributed by atoms with Crippen LogP contribution in [0.4, 0.5) is 11.8 Å². The molecule has 2 heterocycles. The van der Waals surface area contributed by atoms with Gasteiger partial charge in [0.05, 0.1) is 11.6 Å². The fourth-order valence-electron chi connectivity index (χ4n) is 2.87. The molecule has 2 aromatic heterocycles. The van der Waals surface area contributed by atoms with Crippen LogP contribution in [0.15, 0.2) is 6.20 Å². The van der Waals surface area contributed by atoms with Crippen molar-refractivity contribution < 1.29 is 0 Å². The average molecular weight is 288 g/mol. The summed E-state index contributed by atoms with van der Waals surface area (Å²) in [5.74, 6) is 1.65. The molecule has 1 saturated carbocycles. The van der Waals surface area contributed by atoms with E-state index in [0.29, 0.717) is 6.04 Å². The van der Waals surface area contributed by atoms with Gasteiger partial charge in [-0.3, -0.25) is 0 Å². The minimum Gasteiger partial charge on any atom is -0.367 e. The molecule has 21 heavy (non-hydrogen) atoms. The molecule has 0 unspecified atom stereocenters. The number of nitrogens with one attached hydrogen (secondary N) is 1. The predicted octanol–water partition coefficient (Wildman–Crippen LogP) is 2.83. The topological polar surface area (TPSA) is 58.9 Å². The van der Waals surface area contributed by atoms with Crippen molar-refractivity contribution in [3.63, 3.8) is 0 Å². The van der Waals surface area contributed by atoms with Gasteiger partial charge in [0, 0.05) is 26.2 Å². The number of fused-ring (bicyclic) bond motifs is 1. The summed E-state index contributed by atoms with van der Waals surface area (Å²) in [4.78, 5) is 11.3. The lowest BCUT2D eigenvalue weighted by Crippen LogP contribution is -2.19. The Labute approximate surface area is 125 Å². The Morgan fingerprint density at radius 2 is 1.95 bits per heavy atom. The van der Waals surface area contributed by atoms with E-state index in [1.54, 1.807) is 0 Å². The van der Waals surface area contributed by atoms with Crippen molar-refractivity contribution in [2.75, 3.05) is 24.3 Å². The van der Waals surface area contributed by atoms with E-state index in [-0.39, 0.29) is 6.04 Å². The molecule has 0 aliphatic heterocycles. The number of nitrogens with zero attached hydrogens (tertiary/aromatic N) is 5. The molecule has 0 radical (unpaired) electrons. The van der Waals surface area contributed by atoms with E-state index >= 15 is 0 Å². The van der Waals surface area contributed by atoms with Gasteiger partial charge in [-0.1, -0.05) is 12.8 Å². The Morgan fingerprint density at radius 3 is 2.57 bits per heavy atom. The van der Waals surface area contributed by atoms with Crippen LogP contribution in [0.25, 0.3) is 11.0 Å². The van der Waals surface area contributed by atoms with Crippen LogP contribution in [0, 0.1) is 0 Å². The van der Waals surface area contributed by atoms with Crippen LogP contribution in [0.1, 0.15) is 45.6 Å². The number of hydrogen-bond acceptors (Lipinski definition) is 5. The van der Waals surface area contributed by atoms with Crippen LogP contribution in [-0.2, 0) is 0 Å². The molecular weight excluding hydrogens is 264 g/mol. The zero-order valence-corrected chi connectivity index (χ0v) is 13.3. The van der Waals surface area contributed by atoms with Gasteiger partial charge in [0.25, 0.3) is 0 Å². The monoisotopic (exact) mass is 288 g/mol. The molecule has 6 nitrogen and oxygen atoms in total. The Bertz CT molecular complexity index is 624. The van der Waals surface area contributed by atoms with E-state index in [1.807, 2.05) is 29.9 Å². The maximum Gasteiger partial charge on any atom is 0.228 e. The number of rotatable bonds is 4. The number of anilines is 2. The predicted molar refractivity (Wildman–Crippen MR) is 85.9 cm³/mol. The molecule has 0 bridgehead atoms. The summed E-state index contributed by atoms with van der Waals surface area (Å²) >= 11 is 0. The van der Waals surface area contributed by atoms with Crippen LogP contribution >= 0.6 is 0 Å². The van der Waals surface area contributed by atoms with Crippen LogP contribution in [-0.4, -0.2) is 39.9 Å². The normalized spacial score (nSPS) is 16.0. The summed E-state index contributed by atoms with van der Waals surface area (Å²) in [5.41, 5.74) is 0.907. The summed E-state index contributed by atoms with van der Waals surface area (Å²) in [5, 5.41) is 9.10. The molecule has 1 aliphatic carbocycles. The van der Waals surface area contributed by atoms with Crippen LogP contribution in [0.5, 0.6) is 0 Å². The molecule has 0 spiro atoms. The van der Waals surface area contributed by atoms with Crippen LogP contribution in [0.2, 0.25) is 0 Å². The van der Waals surface area contributed by atoms with Crippen molar-refractivity contribution in [3.05, 3.63) is 6.20 Å². The largest absolute Gasteiger partial charge is 0.367 e. The first kappa shape index (κ1) is 14.1. The zero-order chi connectivity index (χ0) is 15.0. The molecule has 1 fully saturated rings. The van der Waals surface area contributed by atoms with Gasteiger partial charge in [-0.05, 0) is 26.7 Å². The third-order valence-corrected chi connectivity index (χ3v) is 4.03. The van der Waals surface area contributed by atoms with Gasteiger partial charge < -0.3 is 10.2 Å². The SMILES string of the molecule is CC(C)n1ncc2c(NC3CCCC3)nc(N(C)C)nc21. The molecule has 1 aliphatic rings. The second-order valence-electron chi connectivity index (χ2n) is 6.31. The van der Waals surface area contributed by atoms with Crippen molar-refractivity contribution >= 4 is 22.8 Å². The van der Waals surface area contributed by atoms with E-state index in [0.717, 1.165) is 22.8 Å².